The van der Waals surface area contributed by atoms with Crippen LogP contribution in [0.3, 0.4) is 0 Å². The number of rotatable bonds is 6. The standard InChI is InChI=1S/C23H16N4O3S/c24-13-17-11-12-31-22(17)25-20(28)15-30-23(29)19-14-27(18-9-5-2-6-10-18)26-21(19)16-7-3-1-4-8-16/h1-12,14H,15H2,(H,25,28). The minimum absolute atomic E-state index is 0.247. The van der Waals surface area contributed by atoms with Crippen LogP contribution in [0.1, 0.15) is 15.9 Å². The molecule has 4 aromatic rings. The van der Waals surface area contributed by atoms with Crippen molar-refractivity contribution in [3.8, 4) is 23.0 Å². The summed E-state index contributed by atoms with van der Waals surface area (Å²) in [4.78, 5) is 25.0. The molecule has 0 aliphatic rings. The van der Waals surface area contributed by atoms with E-state index in [1.54, 1.807) is 22.3 Å². The Kier molecular flexibility index (Phi) is 5.87. The van der Waals surface area contributed by atoms with Gasteiger partial charge in [0.15, 0.2) is 6.61 Å². The van der Waals surface area contributed by atoms with Crippen molar-refractivity contribution in [2.75, 3.05) is 11.9 Å². The number of nitrogens with zero attached hydrogens (tertiary/aromatic N) is 3. The molecule has 2 heterocycles. The fourth-order valence-corrected chi connectivity index (χ4v) is 3.66. The molecule has 7 nitrogen and oxygen atoms in total. The van der Waals surface area contributed by atoms with Gasteiger partial charge >= 0.3 is 5.97 Å². The summed E-state index contributed by atoms with van der Waals surface area (Å²) in [6.45, 7) is -0.480. The lowest BCUT2D eigenvalue weighted by atomic mass is 10.1. The van der Waals surface area contributed by atoms with Gasteiger partial charge < -0.3 is 10.1 Å². The van der Waals surface area contributed by atoms with Gasteiger partial charge in [-0.1, -0.05) is 48.5 Å². The number of para-hydroxylation sites is 1. The van der Waals surface area contributed by atoms with Crippen LogP contribution in [0, 0.1) is 11.3 Å². The highest BCUT2D eigenvalue weighted by Crippen LogP contribution is 2.25. The smallest absolute Gasteiger partial charge is 0.342 e. The van der Waals surface area contributed by atoms with Crippen LogP contribution in [0.15, 0.2) is 78.3 Å². The topological polar surface area (TPSA) is 97.0 Å². The van der Waals surface area contributed by atoms with E-state index in [-0.39, 0.29) is 5.56 Å². The molecule has 0 saturated carbocycles. The highest BCUT2D eigenvalue weighted by atomic mass is 32.1. The Balaban J connectivity index is 1.55. The third-order valence-electron chi connectivity index (χ3n) is 4.38. The number of aromatic nitrogens is 2. The number of hydrogen-bond donors (Lipinski definition) is 1. The van der Waals surface area contributed by atoms with Gasteiger partial charge in [0.2, 0.25) is 0 Å². The lowest BCUT2D eigenvalue weighted by Crippen LogP contribution is -2.21. The number of nitriles is 1. The highest BCUT2D eigenvalue weighted by Gasteiger charge is 2.21. The Labute approximate surface area is 182 Å². The fourth-order valence-electron chi connectivity index (χ4n) is 2.91. The first kappa shape index (κ1) is 20.1. The van der Waals surface area contributed by atoms with Crippen molar-refractivity contribution < 1.29 is 14.3 Å². The molecule has 0 spiro atoms. The predicted molar refractivity (Wildman–Crippen MR) is 117 cm³/mol. The van der Waals surface area contributed by atoms with Crippen LogP contribution in [0.2, 0.25) is 0 Å². The van der Waals surface area contributed by atoms with E-state index in [2.05, 4.69) is 10.4 Å². The van der Waals surface area contributed by atoms with Crippen molar-refractivity contribution >= 4 is 28.2 Å². The van der Waals surface area contributed by atoms with Crippen LogP contribution >= 0.6 is 11.3 Å². The summed E-state index contributed by atoms with van der Waals surface area (Å²) < 4.78 is 6.84. The van der Waals surface area contributed by atoms with Crippen LogP contribution in [0.5, 0.6) is 0 Å². The zero-order valence-electron chi connectivity index (χ0n) is 16.2. The van der Waals surface area contributed by atoms with Crippen LogP contribution in [0.25, 0.3) is 16.9 Å². The van der Waals surface area contributed by atoms with Crippen molar-refractivity contribution in [1.82, 2.24) is 9.78 Å². The summed E-state index contributed by atoms with van der Waals surface area (Å²) in [5, 5.41) is 18.3. The number of amides is 1. The van der Waals surface area contributed by atoms with E-state index in [1.165, 1.54) is 11.3 Å². The molecule has 0 bridgehead atoms. The number of carbonyl (C=O) groups excluding carboxylic acids is 2. The SMILES string of the molecule is N#Cc1ccsc1NC(=O)COC(=O)c1cn(-c2ccccc2)nc1-c1ccccc1. The third kappa shape index (κ3) is 4.52. The van der Waals surface area contributed by atoms with E-state index in [4.69, 9.17) is 10.00 Å². The first-order chi connectivity index (χ1) is 15.2. The zero-order chi connectivity index (χ0) is 21.6. The average Bonchev–Trinajstić information content (AvgIpc) is 3.46. The summed E-state index contributed by atoms with van der Waals surface area (Å²) in [5.74, 6) is -1.19. The summed E-state index contributed by atoms with van der Waals surface area (Å²) in [5.41, 5.74) is 2.61. The van der Waals surface area contributed by atoms with Gasteiger partial charge in [0.25, 0.3) is 5.91 Å². The van der Waals surface area contributed by atoms with E-state index in [1.807, 2.05) is 66.7 Å². The van der Waals surface area contributed by atoms with Crippen LogP contribution in [0.4, 0.5) is 5.00 Å². The number of nitrogens with one attached hydrogen (secondary N) is 1. The molecular weight excluding hydrogens is 412 g/mol. The average molecular weight is 428 g/mol. The predicted octanol–water partition coefficient (Wildman–Crippen LogP) is 4.27. The summed E-state index contributed by atoms with van der Waals surface area (Å²) in [6.07, 6.45) is 1.59. The van der Waals surface area contributed by atoms with E-state index < -0.39 is 18.5 Å². The number of carbonyl (C=O) groups is 2. The fraction of sp³-hybridized carbons (Fsp3) is 0.0435. The molecule has 0 radical (unpaired) electrons. The van der Waals surface area contributed by atoms with Crippen molar-refractivity contribution in [1.29, 1.82) is 5.26 Å². The summed E-state index contributed by atoms with van der Waals surface area (Å²) >= 11 is 1.23. The Hall–Kier alpha value is -4.22. The minimum atomic E-state index is -0.664. The largest absolute Gasteiger partial charge is 0.452 e. The van der Waals surface area contributed by atoms with Crippen LogP contribution < -0.4 is 5.32 Å². The second-order valence-corrected chi connectivity index (χ2v) is 7.35. The van der Waals surface area contributed by atoms with Gasteiger partial charge in [0.05, 0.1) is 11.3 Å². The molecule has 8 heteroatoms. The lowest BCUT2D eigenvalue weighted by Gasteiger charge is -2.06. The van der Waals surface area contributed by atoms with Gasteiger partial charge in [-0.25, -0.2) is 9.48 Å². The Morgan fingerprint density at radius 1 is 1.06 bits per heavy atom. The molecule has 2 aromatic carbocycles. The maximum Gasteiger partial charge on any atom is 0.342 e. The molecule has 4 rings (SSSR count). The van der Waals surface area contributed by atoms with E-state index >= 15 is 0 Å². The Bertz CT molecular complexity index is 1260. The third-order valence-corrected chi connectivity index (χ3v) is 5.20. The number of benzene rings is 2. The van der Waals surface area contributed by atoms with Gasteiger partial charge in [0.1, 0.15) is 22.3 Å². The molecular formula is C23H16N4O3S. The van der Waals surface area contributed by atoms with Crippen LogP contribution in [-0.4, -0.2) is 28.3 Å². The summed E-state index contributed by atoms with van der Waals surface area (Å²) in [6, 6.07) is 22.3. The van der Waals surface area contributed by atoms with Crippen LogP contribution in [-0.2, 0) is 9.53 Å². The van der Waals surface area contributed by atoms with Crippen molar-refractivity contribution in [2.24, 2.45) is 0 Å². The molecule has 0 fully saturated rings. The van der Waals surface area contributed by atoms with Crippen molar-refractivity contribution in [3.63, 3.8) is 0 Å². The molecule has 2 aromatic heterocycles. The Morgan fingerprint density at radius 2 is 1.77 bits per heavy atom. The second-order valence-electron chi connectivity index (χ2n) is 6.44. The van der Waals surface area contributed by atoms with E-state index in [9.17, 15) is 9.59 Å². The first-order valence-corrected chi connectivity index (χ1v) is 10.2. The first-order valence-electron chi connectivity index (χ1n) is 9.31. The number of ether oxygens (including phenoxy) is 1. The molecule has 0 aliphatic carbocycles. The maximum absolute atomic E-state index is 12.8. The molecule has 0 unspecified atom stereocenters. The number of thiophene rings is 1. The van der Waals surface area contributed by atoms with Gasteiger partial charge in [-0.15, -0.1) is 11.3 Å². The van der Waals surface area contributed by atoms with Crippen molar-refractivity contribution in [3.05, 3.63) is 89.4 Å². The maximum atomic E-state index is 12.8. The molecule has 1 N–H and O–H groups in total. The summed E-state index contributed by atoms with van der Waals surface area (Å²) in [7, 11) is 0. The normalized spacial score (nSPS) is 10.3. The van der Waals surface area contributed by atoms with E-state index in [0.29, 0.717) is 16.3 Å². The quantitative estimate of drug-likeness (QED) is 0.463. The highest BCUT2D eigenvalue weighted by molar-refractivity contribution is 7.14. The second kappa shape index (κ2) is 9.07. The minimum Gasteiger partial charge on any atom is -0.452 e. The zero-order valence-corrected chi connectivity index (χ0v) is 17.0. The molecule has 0 aliphatic heterocycles. The molecule has 31 heavy (non-hydrogen) atoms. The molecule has 0 saturated heterocycles. The molecule has 152 valence electrons. The van der Waals surface area contributed by atoms with E-state index in [0.717, 1.165) is 11.3 Å². The molecule has 1 amide bonds. The van der Waals surface area contributed by atoms with Gasteiger partial charge in [0, 0.05) is 11.8 Å². The Morgan fingerprint density at radius 3 is 2.48 bits per heavy atom. The van der Waals surface area contributed by atoms with Gasteiger partial charge in [-0.2, -0.15) is 10.4 Å². The van der Waals surface area contributed by atoms with Gasteiger partial charge in [-0.05, 0) is 23.6 Å². The lowest BCUT2D eigenvalue weighted by molar-refractivity contribution is -0.119. The monoisotopic (exact) mass is 428 g/mol. The number of esters is 1. The van der Waals surface area contributed by atoms with Gasteiger partial charge in [-0.3, -0.25) is 4.79 Å². The number of hydrogen-bond acceptors (Lipinski definition) is 6. The molecule has 0 atom stereocenters. The number of anilines is 1. The van der Waals surface area contributed by atoms with Crippen molar-refractivity contribution in [2.45, 2.75) is 0 Å².